The van der Waals surface area contributed by atoms with Gasteiger partial charge in [-0.05, 0) is 50.2 Å². The Labute approximate surface area is 143 Å². The highest BCUT2D eigenvalue weighted by molar-refractivity contribution is 5.90. The number of nitrogens with zero attached hydrogens (tertiary/aromatic N) is 4. The van der Waals surface area contributed by atoms with Gasteiger partial charge in [-0.1, -0.05) is 32.0 Å². The number of amides is 1. The predicted octanol–water partition coefficient (Wildman–Crippen LogP) is 3.57. The molecule has 1 aromatic heterocycles. The van der Waals surface area contributed by atoms with Crippen molar-refractivity contribution < 1.29 is 4.79 Å². The van der Waals surface area contributed by atoms with Gasteiger partial charge in [0.05, 0.1) is 5.69 Å². The maximum atomic E-state index is 12.7. The van der Waals surface area contributed by atoms with E-state index in [0.717, 1.165) is 11.5 Å². The van der Waals surface area contributed by atoms with E-state index in [0.29, 0.717) is 11.8 Å². The van der Waals surface area contributed by atoms with E-state index in [4.69, 9.17) is 0 Å². The lowest BCUT2D eigenvalue weighted by Crippen LogP contribution is -2.37. The number of aromatic nitrogens is 3. The number of aryl methyl sites for hydroxylation is 1. The van der Waals surface area contributed by atoms with E-state index in [9.17, 15) is 4.79 Å². The van der Waals surface area contributed by atoms with Crippen LogP contribution >= 0.6 is 0 Å². The zero-order valence-corrected chi connectivity index (χ0v) is 15.2. The van der Waals surface area contributed by atoms with Crippen molar-refractivity contribution in [3.05, 3.63) is 41.5 Å². The van der Waals surface area contributed by atoms with Gasteiger partial charge >= 0.3 is 0 Å². The minimum atomic E-state index is -0.0988. The molecule has 24 heavy (non-hydrogen) atoms. The van der Waals surface area contributed by atoms with Crippen LogP contribution in [0.3, 0.4) is 0 Å². The highest BCUT2D eigenvalue weighted by Crippen LogP contribution is 2.35. The fourth-order valence-electron chi connectivity index (χ4n) is 3.12. The molecule has 5 heteroatoms. The summed E-state index contributed by atoms with van der Waals surface area (Å²) in [7, 11) is 1.85. The summed E-state index contributed by atoms with van der Waals surface area (Å²) in [5.74, 6) is 1.92. The summed E-state index contributed by atoms with van der Waals surface area (Å²) < 4.78 is 1.79. The van der Waals surface area contributed by atoms with Crippen LogP contribution in [0.4, 0.5) is 0 Å². The van der Waals surface area contributed by atoms with Crippen LogP contribution in [0.15, 0.2) is 24.3 Å². The Hall–Kier alpha value is -2.17. The molecule has 1 amide bonds. The molecule has 128 valence electrons. The van der Waals surface area contributed by atoms with Crippen LogP contribution in [-0.2, 0) is 0 Å². The molecule has 1 unspecified atom stereocenters. The molecule has 0 N–H and O–H groups in total. The Balaban J connectivity index is 1.92. The van der Waals surface area contributed by atoms with E-state index in [1.54, 1.807) is 9.58 Å². The van der Waals surface area contributed by atoms with E-state index in [-0.39, 0.29) is 17.8 Å². The molecule has 0 bridgehead atoms. The first-order chi connectivity index (χ1) is 11.4. The molecule has 1 aliphatic rings. The quantitative estimate of drug-likeness (QED) is 0.844. The smallest absolute Gasteiger partial charge is 0.293 e. The van der Waals surface area contributed by atoms with Crippen molar-refractivity contribution in [2.75, 3.05) is 7.05 Å². The second-order valence-electron chi connectivity index (χ2n) is 7.10. The lowest BCUT2D eigenvalue weighted by Gasteiger charge is -2.23. The molecule has 1 heterocycles. The Kier molecular flexibility index (Phi) is 4.43. The van der Waals surface area contributed by atoms with Gasteiger partial charge in [-0.25, -0.2) is 9.67 Å². The highest BCUT2D eigenvalue weighted by atomic mass is 16.2. The zero-order chi connectivity index (χ0) is 17.4. The fraction of sp³-hybridized carbons (Fsp3) is 0.526. The average molecular weight is 326 g/mol. The summed E-state index contributed by atoms with van der Waals surface area (Å²) in [5, 5.41) is 4.52. The Morgan fingerprint density at radius 1 is 1.25 bits per heavy atom. The molecule has 2 aromatic rings. The van der Waals surface area contributed by atoms with Gasteiger partial charge in [-0.2, -0.15) is 0 Å². The van der Waals surface area contributed by atoms with Gasteiger partial charge in [0.2, 0.25) is 5.82 Å². The van der Waals surface area contributed by atoms with Crippen LogP contribution < -0.4 is 0 Å². The average Bonchev–Trinajstić information content (AvgIpc) is 3.35. The van der Waals surface area contributed by atoms with Crippen LogP contribution in [-0.4, -0.2) is 38.7 Å². The van der Waals surface area contributed by atoms with E-state index >= 15 is 0 Å². The molecule has 1 saturated carbocycles. The van der Waals surface area contributed by atoms with Crippen LogP contribution in [0.2, 0.25) is 0 Å². The van der Waals surface area contributed by atoms with E-state index in [2.05, 4.69) is 36.9 Å². The molecule has 0 saturated heterocycles. The minimum Gasteiger partial charge on any atom is -0.336 e. The van der Waals surface area contributed by atoms with Crippen molar-refractivity contribution in [2.24, 2.45) is 5.92 Å². The predicted molar refractivity (Wildman–Crippen MR) is 94.5 cm³/mol. The standard InChI is InChI=1S/C19H26N4O/c1-12(2)16-8-6-7-9-17(16)23-14(4)20-18(21-23)19(24)22(5)13(3)15-10-11-15/h6-9,12-13,15H,10-11H2,1-5H3. The van der Waals surface area contributed by atoms with Crippen molar-refractivity contribution in [3.8, 4) is 5.69 Å². The SMILES string of the molecule is Cc1nc(C(=O)N(C)C(C)C2CC2)nn1-c1ccccc1C(C)C. The summed E-state index contributed by atoms with van der Waals surface area (Å²) in [6, 6.07) is 8.40. The normalized spacial score (nSPS) is 15.6. The van der Waals surface area contributed by atoms with Crippen LogP contribution in [0.1, 0.15) is 61.5 Å². The highest BCUT2D eigenvalue weighted by Gasteiger charge is 2.34. The van der Waals surface area contributed by atoms with E-state index < -0.39 is 0 Å². The Bertz CT molecular complexity index is 746. The van der Waals surface area contributed by atoms with E-state index in [1.807, 2.05) is 32.2 Å². The first-order valence-corrected chi connectivity index (χ1v) is 8.70. The van der Waals surface area contributed by atoms with Crippen molar-refractivity contribution >= 4 is 5.91 Å². The number of benzene rings is 1. The lowest BCUT2D eigenvalue weighted by atomic mass is 10.0. The molecule has 3 rings (SSSR count). The van der Waals surface area contributed by atoms with Crippen LogP contribution in [0, 0.1) is 12.8 Å². The van der Waals surface area contributed by atoms with Crippen LogP contribution in [0.5, 0.6) is 0 Å². The summed E-state index contributed by atoms with van der Waals surface area (Å²) in [6.45, 7) is 8.31. The molecule has 1 atom stereocenters. The molecular weight excluding hydrogens is 300 g/mol. The van der Waals surface area contributed by atoms with Gasteiger partial charge in [0.1, 0.15) is 5.82 Å². The van der Waals surface area contributed by atoms with Crippen molar-refractivity contribution in [1.29, 1.82) is 0 Å². The van der Waals surface area contributed by atoms with Gasteiger partial charge in [0.15, 0.2) is 0 Å². The largest absolute Gasteiger partial charge is 0.336 e. The molecular formula is C19H26N4O. The van der Waals surface area contributed by atoms with Gasteiger partial charge < -0.3 is 4.90 Å². The minimum absolute atomic E-state index is 0.0988. The number of carbonyl (C=O) groups excluding carboxylic acids is 1. The number of hydrogen-bond acceptors (Lipinski definition) is 3. The second-order valence-corrected chi connectivity index (χ2v) is 7.10. The van der Waals surface area contributed by atoms with Crippen molar-refractivity contribution in [1.82, 2.24) is 19.7 Å². The summed E-state index contributed by atoms with van der Waals surface area (Å²) in [4.78, 5) is 18.9. The zero-order valence-electron chi connectivity index (χ0n) is 15.2. The topological polar surface area (TPSA) is 51.0 Å². The molecule has 1 fully saturated rings. The van der Waals surface area contributed by atoms with Gasteiger partial charge in [0, 0.05) is 13.1 Å². The number of para-hydroxylation sites is 1. The maximum absolute atomic E-state index is 12.7. The maximum Gasteiger partial charge on any atom is 0.293 e. The monoisotopic (exact) mass is 326 g/mol. The summed E-state index contributed by atoms with van der Waals surface area (Å²) in [6.07, 6.45) is 2.42. The second kappa shape index (κ2) is 6.38. The summed E-state index contributed by atoms with van der Waals surface area (Å²) in [5.41, 5.74) is 2.19. The van der Waals surface area contributed by atoms with Gasteiger partial charge in [0.25, 0.3) is 5.91 Å². The molecule has 1 aromatic carbocycles. The molecule has 0 radical (unpaired) electrons. The van der Waals surface area contributed by atoms with Crippen molar-refractivity contribution in [3.63, 3.8) is 0 Å². The Morgan fingerprint density at radius 2 is 1.92 bits per heavy atom. The first-order valence-electron chi connectivity index (χ1n) is 8.70. The van der Waals surface area contributed by atoms with E-state index in [1.165, 1.54) is 18.4 Å². The lowest BCUT2D eigenvalue weighted by molar-refractivity contribution is 0.0715. The number of rotatable bonds is 5. The Morgan fingerprint density at radius 3 is 2.54 bits per heavy atom. The van der Waals surface area contributed by atoms with Crippen LogP contribution in [0.25, 0.3) is 5.69 Å². The van der Waals surface area contributed by atoms with Gasteiger partial charge in [-0.15, -0.1) is 5.10 Å². The molecule has 0 spiro atoms. The molecule has 5 nitrogen and oxygen atoms in total. The summed E-state index contributed by atoms with van der Waals surface area (Å²) >= 11 is 0. The molecule has 1 aliphatic carbocycles. The van der Waals surface area contributed by atoms with Gasteiger partial charge in [-0.3, -0.25) is 4.79 Å². The third-order valence-corrected chi connectivity index (χ3v) is 4.98. The molecule has 0 aliphatic heterocycles. The first kappa shape index (κ1) is 16.7. The fourth-order valence-corrected chi connectivity index (χ4v) is 3.12. The third-order valence-electron chi connectivity index (χ3n) is 4.98. The number of carbonyl (C=O) groups is 1. The number of hydrogen-bond donors (Lipinski definition) is 0. The third kappa shape index (κ3) is 3.07. The van der Waals surface area contributed by atoms with Crippen molar-refractivity contribution in [2.45, 2.75) is 52.5 Å².